The lowest BCUT2D eigenvalue weighted by atomic mass is 10.1. The third kappa shape index (κ3) is 5.68. The Balaban J connectivity index is 1.70. The standard InChI is InChI=1S/C24H27N3O6/c1-24(2,3)27(13-16-9-5-4-6-10-16)23(31)32-15-17(33-22(25)30)14-26-20(28)18-11-7-8-12-19(18)21(26)29/h4-12,17H,13-15H2,1-3H3,(H2,25,30)/t17-/m1/s1. The van der Waals surface area contributed by atoms with Gasteiger partial charge in [-0.2, -0.15) is 0 Å². The van der Waals surface area contributed by atoms with Crippen LogP contribution in [0.4, 0.5) is 9.59 Å². The summed E-state index contributed by atoms with van der Waals surface area (Å²) in [7, 11) is 0. The minimum Gasteiger partial charge on any atom is -0.445 e. The summed E-state index contributed by atoms with van der Waals surface area (Å²) in [5, 5.41) is 0. The first-order valence-electron chi connectivity index (χ1n) is 10.5. The highest BCUT2D eigenvalue weighted by Gasteiger charge is 2.38. The van der Waals surface area contributed by atoms with E-state index in [9.17, 15) is 19.2 Å². The first-order chi connectivity index (χ1) is 15.6. The van der Waals surface area contributed by atoms with Crippen molar-refractivity contribution < 1.29 is 28.7 Å². The molecule has 2 aromatic rings. The van der Waals surface area contributed by atoms with Crippen molar-refractivity contribution >= 4 is 24.0 Å². The number of nitrogens with two attached hydrogens (primary N) is 1. The summed E-state index contributed by atoms with van der Waals surface area (Å²) in [4.78, 5) is 52.1. The van der Waals surface area contributed by atoms with Crippen molar-refractivity contribution in [3.8, 4) is 0 Å². The lowest BCUT2D eigenvalue weighted by Crippen LogP contribution is -2.47. The molecule has 1 aliphatic heterocycles. The molecule has 9 heteroatoms. The number of amides is 4. The first kappa shape index (κ1) is 23.8. The molecule has 33 heavy (non-hydrogen) atoms. The van der Waals surface area contributed by atoms with Gasteiger partial charge in [-0.05, 0) is 38.5 Å². The maximum Gasteiger partial charge on any atom is 0.410 e. The zero-order chi connectivity index (χ0) is 24.2. The molecule has 1 heterocycles. The van der Waals surface area contributed by atoms with Gasteiger partial charge in [0.05, 0.1) is 17.7 Å². The average molecular weight is 453 g/mol. The summed E-state index contributed by atoms with van der Waals surface area (Å²) >= 11 is 0. The highest BCUT2D eigenvalue weighted by molar-refractivity contribution is 6.21. The Morgan fingerprint density at radius 1 is 0.970 bits per heavy atom. The van der Waals surface area contributed by atoms with Gasteiger partial charge >= 0.3 is 12.2 Å². The van der Waals surface area contributed by atoms with E-state index in [1.165, 1.54) is 4.90 Å². The maximum atomic E-state index is 12.9. The van der Waals surface area contributed by atoms with Crippen LogP contribution in [0.3, 0.4) is 0 Å². The smallest absolute Gasteiger partial charge is 0.410 e. The molecular weight excluding hydrogens is 426 g/mol. The molecule has 0 spiro atoms. The molecule has 0 bridgehead atoms. The van der Waals surface area contributed by atoms with Crippen LogP contribution in [0.2, 0.25) is 0 Å². The largest absolute Gasteiger partial charge is 0.445 e. The van der Waals surface area contributed by atoms with E-state index in [-0.39, 0.29) is 24.3 Å². The molecule has 0 aliphatic carbocycles. The molecule has 9 nitrogen and oxygen atoms in total. The monoisotopic (exact) mass is 453 g/mol. The van der Waals surface area contributed by atoms with Crippen LogP contribution in [0.5, 0.6) is 0 Å². The molecule has 0 unspecified atom stereocenters. The number of imide groups is 1. The van der Waals surface area contributed by atoms with Crippen LogP contribution in [0.1, 0.15) is 47.1 Å². The number of primary amides is 1. The van der Waals surface area contributed by atoms with Gasteiger partial charge in [0.2, 0.25) is 0 Å². The highest BCUT2D eigenvalue weighted by Crippen LogP contribution is 2.23. The van der Waals surface area contributed by atoms with E-state index >= 15 is 0 Å². The fraction of sp³-hybridized carbons (Fsp3) is 0.333. The molecule has 0 saturated carbocycles. The van der Waals surface area contributed by atoms with Crippen LogP contribution in [0, 0.1) is 0 Å². The van der Waals surface area contributed by atoms with Gasteiger partial charge in [0.1, 0.15) is 6.61 Å². The van der Waals surface area contributed by atoms with E-state index in [4.69, 9.17) is 15.2 Å². The topological polar surface area (TPSA) is 119 Å². The minimum atomic E-state index is -1.12. The maximum absolute atomic E-state index is 12.9. The summed E-state index contributed by atoms with van der Waals surface area (Å²) < 4.78 is 10.5. The molecule has 2 N–H and O–H groups in total. The van der Waals surface area contributed by atoms with Crippen molar-refractivity contribution in [1.82, 2.24) is 9.80 Å². The second-order valence-electron chi connectivity index (χ2n) is 8.64. The average Bonchev–Trinajstić information content (AvgIpc) is 3.00. The quantitative estimate of drug-likeness (QED) is 0.643. The van der Waals surface area contributed by atoms with Crippen molar-refractivity contribution in [2.24, 2.45) is 5.73 Å². The SMILES string of the molecule is CC(C)(C)N(Cc1ccccc1)C(=O)OC[C@@H](CN1C(=O)c2ccccc2C1=O)OC(N)=O. The van der Waals surface area contributed by atoms with Gasteiger partial charge in [-0.3, -0.25) is 19.4 Å². The van der Waals surface area contributed by atoms with Gasteiger partial charge in [-0.1, -0.05) is 42.5 Å². The van der Waals surface area contributed by atoms with E-state index < -0.39 is 35.6 Å². The number of rotatable bonds is 7. The minimum absolute atomic E-state index is 0.263. The first-order valence-corrected chi connectivity index (χ1v) is 10.5. The molecule has 0 fully saturated rings. The van der Waals surface area contributed by atoms with Crippen molar-refractivity contribution in [2.45, 2.75) is 39.0 Å². The molecule has 1 aliphatic rings. The van der Waals surface area contributed by atoms with Crippen molar-refractivity contribution in [2.75, 3.05) is 13.2 Å². The molecule has 1 atom stereocenters. The van der Waals surface area contributed by atoms with Crippen LogP contribution in [-0.4, -0.2) is 58.6 Å². The van der Waals surface area contributed by atoms with Crippen LogP contribution in [-0.2, 0) is 16.0 Å². The van der Waals surface area contributed by atoms with Crippen LogP contribution in [0.15, 0.2) is 54.6 Å². The van der Waals surface area contributed by atoms with E-state index in [1.807, 2.05) is 51.1 Å². The van der Waals surface area contributed by atoms with Gasteiger partial charge in [-0.15, -0.1) is 0 Å². The number of nitrogens with zero attached hydrogens (tertiary/aromatic N) is 2. The normalized spacial score (nSPS) is 14.0. The number of carbonyl (C=O) groups is 4. The Morgan fingerprint density at radius 3 is 2.03 bits per heavy atom. The van der Waals surface area contributed by atoms with Crippen LogP contribution < -0.4 is 5.73 Å². The zero-order valence-corrected chi connectivity index (χ0v) is 18.8. The molecule has 4 amide bonds. The number of fused-ring (bicyclic) bond motifs is 1. The molecule has 174 valence electrons. The fourth-order valence-corrected chi connectivity index (χ4v) is 3.48. The third-order valence-electron chi connectivity index (χ3n) is 5.15. The summed E-state index contributed by atoms with van der Waals surface area (Å²) in [5.74, 6) is -1.03. The second kappa shape index (κ2) is 9.72. The Morgan fingerprint density at radius 2 is 1.52 bits per heavy atom. The lowest BCUT2D eigenvalue weighted by Gasteiger charge is -2.35. The molecule has 0 radical (unpaired) electrons. The Hall–Kier alpha value is -3.88. The number of hydrogen-bond donors (Lipinski definition) is 1. The van der Waals surface area contributed by atoms with Gasteiger partial charge in [0, 0.05) is 12.1 Å². The molecule has 3 rings (SSSR count). The summed E-state index contributed by atoms with van der Waals surface area (Å²) in [6.45, 7) is 5.24. The van der Waals surface area contributed by atoms with Gasteiger partial charge in [-0.25, -0.2) is 9.59 Å². The number of hydrogen-bond acceptors (Lipinski definition) is 6. The van der Waals surface area contributed by atoms with E-state index in [2.05, 4.69) is 0 Å². The summed E-state index contributed by atoms with van der Waals surface area (Å²) in [5.41, 5.74) is 6.04. The summed E-state index contributed by atoms with van der Waals surface area (Å²) in [6, 6.07) is 15.8. The number of benzene rings is 2. The van der Waals surface area contributed by atoms with Crippen molar-refractivity contribution in [3.63, 3.8) is 0 Å². The molecule has 2 aromatic carbocycles. The Bertz CT molecular complexity index is 1010. The van der Waals surface area contributed by atoms with E-state index in [0.29, 0.717) is 6.54 Å². The highest BCUT2D eigenvalue weighted by atomic mass is 16.6. The van der Waals surface area contributed by atoms with Gasteiger partial charge in [0.15, 0.2) is 6.10 Å². The second-order valence-corrected chi connectivity index (χ2v) is 8.64. The van der Waals surface area contributed by atoms with E-state index in [1.54, 1.807) is 24.3 Å². The number of ether oxygens (including phenoxy) is 2. The predicted octanol–water partition coefficient (Wildman–Crippen LogP) is 3.18. The van der Waals surface area contributed by atoms with Gasteiger partial charge < -0.3 is 15.2 Å². The molecule has 0 aromatic heterocycles. The van der Waals surface area contributed by atoms with Crippen LogP contribution in [0.25, 0.3) is 0 Å². The zero-order valence-electron chi connectivity index (χ0n) is 18.8. The number of carbonyl (C=O) groups excluding carboxylic acids is 4. The lowest BCUT2D eigenvalue weighted by molar-refractivity contribution is 0.00900. The van der Waals surface area contributed by atoms with Crippen molar-refractivity contribution in [1.29, 1.82) is 0 Å². The third-order valence-corrected chi connectivity index (χ3v) is 5.15. The molecular formula is C24H27N3O6. The van der Waals surface area contributed by atoms with Gasteiger partial charge in [0.25, 0.3) is 11.8 Å². The fourth-order valence-electron chi connectivity index (χ4n) is 3.48. The predicted molar refractivity (Wildman–Crippen MR) is 119 cm³/mol. The molecule has 0 saturated heterocycles. The van der Waals surface area contributed by atoms with Crippen LogP contribution >= 0.6 is 0 Å². The van der Waals surface area contributed by atoms with E-state index in [0.717, 1.165) is 10.5 Å². The summed E-state index contributed by atoms with van der Waals surface area (Å²) in [6.07, 6.45) is -2.86. The Labute approximate surface area is 192 Å². The Kier molecular flexibility index (Phi) is 7.01. The van der Waals surface area contributed by atoms with Crippen molar-refractivity contribution in [3.05, 3.63) is 71.3 Å².